The van der Waals surface area contributed by atoms with Gasteiger partial charge in [0.05, 0.1) is 0 Å². The van der Waals surface area contributed by atoms with E-state index in [0.29, 0.717) is 5.56 Å². The monoisotopic (exact) mass is 344 g/mol. The van der Waals surface area contributed by atoms with Crippen molar-refractivity contribution in [1.82, 2.24) is 5.32 Å². The van der Waals surface area contributed by atoms with E-state index in [1.165, 1.54) is 6.07 Å². The first-order valence-corrected chi connectivity index (χ1v) is 8.00. The molecule has 132 valence electrons. The molecule has 5 nitrogen and oxygen atoms in total. The second-order valence-electron chi connectivity index (χ2n) is 5.91. The highest BCUT2D eigenvalue weighted by atomic mass is 19.1. The van der Waals surface area contributed by atoms with E-state index in [4.69, 9.17) is 5.73 Å². The Bertz CT molecular complexity index is 722. The van der Waals surface area contributed by atoms with E-state index >= 15 is 0 Å². The fourth-order valence-electron chi connectivity index (χ4n) is 2.56. The molecule has 0 aliphatic carbocycles. The van der Waals surface area contributed by atoms with Crippen molar-refractivity contribution in [3.05, 3.63) is 71.5 Å². The van der Waals surface area contributed by atoms with Crippen molar-refractivity contribution in [2.24, 2.45) is 5.73 Å². The van der Waals surface area contributed by atoms with Crippen LogP contribution in [0.2, 0.25) is 0 Å². The van der Waals surface area contributed by atoms with Crippen molar-refractivity contribution in [3.8, 4) is 0 Å². The normalized spacial score (nSPS) is 13.0. The molecule has 4 N–H and O–H groups in total. The number of hydrogen-bond donors (Lipinski definition) is 3. The molecule has 0 spiro atoms. The molecular weight excluding hydrogens is 323 g/mol. The molecule has 0 radical (unpaired) electrons. The number of carboxylic acid groups (broad SMARTS) is 1. The van der Waals surface area contributed by atoms with Crippen molar-refractivity contribution in [1.29, 1.82) is 0 Å². The number of carboxylic acids is 1. The molecule has 2 aromatic rings. The van der Waals surface area contributed by atoms with E-state index in [0.717, 1.165) is 5.56 Å². The summed E-state index contributed by atoms with van der Waals surface area (Å²) in [5, 5.41) is 11.8. The highest BCUT2D eigenvalue weighted by molar-refractivity contribution is 5.84. The number of aliphatic carboxylic acids is 1. The third kappa shape index (κ3) is 6.00. The number of nitrogens with two attached hydrogens (primary N) is 1. The van der Waals surface area contributed by atoms with E-state index in [1.54, 1.807) is 42.5 Å². The zero-order valence-corrected chi connectivity index (χ0v) is 13.7. The van der Waals surface area contributed by atoms with Crippen LogP contribution < -0.4 is 11.1 Å². The zero-order chi connectivity index (χ0) is 18.2. The van der Waals surface area contributed by atoms with Crippen molar-refractivity contribution in [2.75, 3.05) is 0 Å². The highest BCUT2D eigenvalue weighted by Gasteiger charge is 2.21. The number of rotatable bonds is 8. The van der Waals surface area contributed by atoms with Crippen molar-refractivity contribution < 1.29 is 19.1 Å². The van der Waals surface area contributed by atoms with Gasteiger partial charge in [0, 0.05) is 18.9 Å². The number of benzene rings is 2. The Balaban J connectivity index is 1.90. The summed E-state index contributed by atoms with van der Waals surface area (Å²) in [5.74, 6) is -1.95. The van der Waals surface area contributed by atoms with Crippen LogP contribution in [0.15, 0.2) is 54.6 Å². The minimum Gasteiger partial charge on any atom is -0.480 e. The van der Waals surface area contributed by atoms with Gasteiger partial charge in [-0.15, -0.1) is 0 Å². The molecule has 0 heterocycles. The first-order chi connectivity index (χ1) is 12.0. The average Bonchev–Trinajstić information content (AvgIpc) is 2.57. The summed E-state index contributed by atoms with van der Waals surface area (Å²) in [6, 6.07) is 13.6. The van der Waals surface area contributed by atoms with E-state index in [1.807, 2.05) is 6.07 Å². The summed E-state index contributed by atoms with van der Waals surface area (Å²) in [4.78, 5) is 23.5. The van der Waals surface area contributed by atoms with Crippen molar-refractivity contribution >= 4 is 11.9 Å². The molecule has 0 bridgehead atoms. The zero-order valence-electron chi connectivity index (χ0n) is 13.7. The van der Waals surface area contributed by atoms with Crippen LogP contribution in [0.1, 0.15) is 17.5 Å². The van der Waals surface area contributed by atoms with Crippen LogP contribution in [0.4, 0.5) is 4.39 Å². The van der Waals surface area contributed by atoms with Crippen molar-refractivity contribution in [2.45, 2.75) is 31.3 Å². The quantitative estimate of drug-likeness (QED) is 0.682. The van der Waals surface area contributed by atoms with E-state index in [2.05, 4.69) is 5.32 Å². The van der Waals surface area contributed by atoms with Gasteiger partial charge in [-0.2, -0.15) is 0 Å². The van der Waals surface area contributed by atoms with Crippen molar-refractivity contribution in [3.63, 3.8) is 0 Å². The second kappa shape index (κ2) is 8.94. The van der Waals surface area contributed by atoms with Gasteiger partial charge in [-0.1, -0.05) is 48.5 Å². The Kier molecular flexibility index (Phi) is 6.65. The summed E-state index contributed by atoms with van der Waals surface area (Å²) in [6.07, 6.45) is 0.313. The first-order valence-electron chi connectivity index (χ1n) is 8.00. The van der Waals surface area contributed by atoms with Crippen LogP contribution in [-0.4, -0.2) is 29.1 Å². The number of nitrogens with one attached hydrogen (secondary N) is 1. The number of carbonyl (C=O) groups excluding carboxylic acids is 1. The predicted molar refractivity (Wildman–Crippen MR) is 92.4 cm³/mol. The number of hydrogen-bond acceptors (Lipinski definition) is 3. The molecule has 2 rings (SSSR count). The molecule has 0 aliphatic rings. The van der Waals surface area contributed by atoms with Crippen LogP contribution in [0.5, 0.6) is 0 Å². The van der Waals surface area contributed by atoms with Gasteiger partial charge in [0.25, 0.3) is 0 Å². The summed E-state index contributed by atoms with van der Waals surface area (Å²) < 4.78 is 13.6. The lowest BCUT2D eigenvalue weighted by Crippen LogP contribution is -2.44. The molecular formula is C19H21FN2O3. The van der Waals surface area contributed by atoms with Crippen LogP contribution in [0, 0.1) is 5.82 Å². The number of halogens is 1. The van der Waals surface area contributed by atoms with Crippen LogP contribution in [-0.2, 0) is 22.4 Å². The lowest BCUT2D eigenvalue weighted by molar-refractivity contribution is -0.141. The molecule has 0 saturated carbocycles. The van der Waals surface area contributed by atoms with Gasteiger partial charge in [-0.05, 0) is 23.6 Å². The minimum absolute atomic E-state index is 0.0765. The molecule has 0 aliphatic heterocycles. The van der Waals surface area contributed by atoms with Gasteiger partial charge in [0.2, 0.25) is 5.91 Å². The van der Waals surface area contributed by atoms with Crippen LogP contribution >= 0.6 is 0 Å². The molecule has 2 aromatic carbocycles. The van der Waals surface area contributed by atoms with E-state index in [-0.39, 0.29) is 25.1 Å². The SMILES string of the molecule is N[C@H](CC(=O)N[C@H](Cc1ccccc1)C(=O)O)Cc1ccccc1F. The lowest BCUT2D eigenvalue weighted by Gasteiger charge is -2.17. The number of amides is 1. The summed E-state index contributed by atoms with van der Waals surface area (Å²) in [5.41, 5.74) is 7.15. The Morgan fingerprint density at radius 3 is 2.32 bits per heavy atom. The average molecular weight is 344 g/mol. The lowest BCUT2D eigenvalue weighted by atomic mass is 10.0. The van der Waals surface area contributed by atoms with Crippen LogP contribution in [0.3, 0.4) is 0 Å². The molecule has 0 fully saturated rings. The molecule has 2 atom stereocenters. The van der Waals surface area contributed by atoms with Gasteiger partial charge in [-0.3, -0.25) is 4.79 Å². The van der Waals surface area contributed by atoms with E-state index < -0.39 is 24.0 Å². The summed E-state index contributed by atoms with van der Waals surface area (Å²) >= 11 is 0. The first kappa shape index (κ1) is 18.6. The Morgan fingerprint density at radius 2 is 1.68 bits per heavy atom. The predicted octanol–water partition coefficient (Wildman–Crippen LogP) is 1.90. The third-order valence-electron chi connectivity index (χ3n) is 3.80. The maximum atomic E-state index is 13.6. The Morgan fingerprint density at radius 1 is 1.04 bits per heavy atom. The Hall–Kier alpha value is -2.73. The van der Waals surface area contributed by atoms with Gasteiger partial charge in [0.15, 0.2) is 0 Å². The maximum absolute atomic E-state index is 13.6. The molecule has 25 heavy (non-hydrogen) atoms. The molecule has 0 unspecified atom stereocenters. The second-order valence-corrected chi connectivity index (χ2v) is 5.91. The van der Waals surface area contributed by atoms with Crippen LogP contribution in [0.25, 0.3) is 0 Å². The minimum atomic E-state index is -1.11. The fourth-order valence-corrected chi connectivity index (χ4v) is 2.56. The summed E-state index contributed by atoms with van der Waals surface area (Å²) in [6.45, 7) is 0. The molecule has 1 amide bonds. The summed E-state index contributed by atoms with van der Waals surface area (Å²) in [7, 11) is 0. The largest absolute Gasteiger partial charge is 0.480 e. The smallest absolute Gasteiger partial charge is 0.326 e. The standard InChI is InChI=1S/C19H21FN2O3/c20-16-9-5-4-8-14(16)11-15(21)12-18(23)22-17(19(24)25)10-13-6-2-1-3-7-13/h1-9,15,17H,10-12,21H2,(H,22,23)(H,24,25)/t15-,17+/m0/s1. The van der Waals surface area contributed by atoms with Gasteiger partial charge in [-0.25, -0.2) is 9.18 Å². The Labute approximate surface area is 145 Å². The third-order valence-corrected chi connectivity index (χ3v) is 3.80. The molecule has 0 aromatic heterocycles. The van der Waals surface area contributed by atoms with Gasteiger partial charge >= 0.3 is 5.97 Å². The molecule has 0 saturated heterocycles. The van der Waals surface area contributed by atoms with Gasteiger partial charge < -0.3 is 16.2 Å². The maximum Gasteiger partial charge on any atom is 0.326 e. The topological polar surface area (TPSA) is 92.4 Å². The fraction of sp³-hybridized carbons (Fsp3) is 0.263. The molecule has 6 heteroatoms. The highest BCUT2D eigenvalue weighted by Crippen LogP contribution is 2.10. The van der Waals surface area contributed by atoms with E-state index in [9.17, 15) is 19.1 Å². The van der Waals surface area contributed by atoms with Gasteiger partial charge in [0.1, 0.15) is 11.9 Å². The number of carbonyl (C=O) groups is 2.